The zero-order valence-corrected chi connectivity index (χ0v) is 17.5. The zero-order chi connectivity index (χ0) is 22.5. The van der Waals surface area contributed by atoms with Crippen molar-refractivity contribution in [1.29, 1.82) is 0 Å². The Morgan fingerprint density at radius 3 is 2.88 bits per heavy atom. The van der Waals surface area contributed by atoms with Crippen LogP contribution >= 0.6 is 0 Å². The molecule has 168 valence electrons. The van der Waals surface area contributed by atoms with Gasteiger partial charge in [-0.25, -0.2) is 10.1 Å². The minimum atomic E-state index is -4.14. The van der Waals surface area contributed by atoms with Crippen molar-refractivity contribution in [3.63, 3.8) is 0 Å². The predicted molar refractivity (Wildman–Crippen MR) is 115 cm³/mol. The van der Waals surface area contributed by atoms with Crippen LogP contribution in [0.1, 0.15) is 6.42 Å². The van der Waals surface area contributed by atoms with Gasteiger partial charge in [-0.15, -0.1) is 0 Å². The van der Waals surface area contributed by atoms with Crippen LogP contribution in [0.25, 0.3) is 27.9 Å². The van der Waals surface area contributed by atoms with Gasteiger partial charge in [0.25, 0.3) is 0 Å². The third-order valence-electron chi connectivity index (χ3n) is 5.70. The summed E-state index contributed by atoms with van der Waals surface area (Å²) in [6, 6.07) is 10.6. The Labute approximate surface area is 182 Å². The third-order valence-corrected chi connectivity index (χ3v) is 6.16. The smallest absolute Gasteiger partial charge is 0.333 e. The van der Waals surface area contributed by atoms with Crippen molar-refractivity contribution in [3.05, 3.63) is 48.9 Å². The SMILES string of the molecule is NS(=O)(=O)OC[C@H]1C[C@@H](Nc2ccnc3cc(-c4coc5ccccc45)nn23)[C@H](O)[C@@H]1O. The van der Waals surface area contributed by atoms with E-state index in [2.05, 4.69) is 19.6 Å². The van der Waals surface area contributed by atoms with Crippen LogP contribution in [0.3, 0.4) is 0 Å². The zero-order valence-electron chi connectivity index (χ0n) is 16.7. The molecule has 32 heavy (non-hydrogen) atoms. The van der Waals surface area contributed by atoms with E-state index in [0.29, 0.717) is 17.2 Å². The van der Waals surface area contributed by atoms with E-state index in [1.807, 2.05) is 30.3 Å². The summed E-state index contributed by atoms with van der Waals surface area (Å²) in [6.07, 6.45) is 1.21. The number of furan rings is 1. The maximum absolute atomic E-state index is 11.0. The van der Waals surface area contributed by atoms with E-state index in [-0.39, 0.29) is 13.0 Å². The standard InChI is InChI=1S/C20H21N5O6S/c21-32(28,29)31-9-11-7-15(20(27)19(11)26)23-17-5-6-22-18-8-14(24-25(17)18)13-10-30-16-4-2-1-3-12(13)16/h1-6,8,10-11,15,19-20,23,26-27H,7,9H2,(H2,21,28,29)/t11-,15-,19-,20+/m1/s1. The summed E-state index contributed by atoms with van der Waals surface area (Å²) in [6.45, 7) is -0.319. The van der Waals surface area contributed by atoms with Crippen LogP contribution in [-0.2, 0) is 14.5 Å². The molecule has 0 radical (unpaired) electrons. The van der Waals surface area contributed by atoms with Gasteiger partial charge < -0.3 is 19.9 Å². The van der Waals surface area contributed by atoms with E-state index in [9.17, 15) is 18.6 Å². The number of nitrogens with zero attached hydrogens (tertiary/aromatic N) is 3. The van der Waals surface area contributed by atoms with E-state index < -0.39 is 34.5 Å². The summed E-state index contributed by atoms with van der Waals surface area (Å²) in [4.78, 5) is 4.35. The molecule has 0 unspecified atom stereocenters. The summed E-state index contributed by atoms with van der Waals surface area (Å²) in [5, 5.41) is 34.4. The van der Waals surface area contributed by atoms with Crippen LogP contribution in [0.5, 0.6) is 0 Å². The van der Waals surface area contributed by atoms with Crippen molar-refractivity contribution < 1.29 is 27.2 Å². The number of benzene rings is 1. The molecule has 0 saturated heterocycles. The summed E-state index contributed by atoms with van der Waals surface area (Å²) < 4.78 is 33.9. The Kier molecular flexibility index (Phi) is 5.10. The number of fused-ring (bicyclic) bond motifs is 2. The highest BCUT2D eigenvalue weighted by molar-refractivity contribution is 7.84. The summed E-state index contributed by atoms with van der Waals surface area (Å²) in [5.41, 5.74) is 2.83. The first-order valence-corrected chi connectivity index (χ1v) is 11.4. The first kappa shape index (κ1) is 20.8. The van der Waals surface area contributed by atoms with Gasteiger partial charge in [0.2, 0.25) is 0 Å². The predicted octanol–water partition coefficient (Wildman–Crippen LogP) is 0.885. The average Bonchev–Trinajstić information content (AvgIpc) is 3.44. The molecule has 0 amide bonds. The second-order valence-electron chi connectivity index (χ2n) is 7.78. The Bertz CT molecular complexity index is 1380. The van der Waals surface area contributed by atoms with E-state index in [4.69, 9.17) is 9.56 Å². The van der Waals surface area contributed by atoms with Crippen LogP contribution in [0.2, 0.25) is 0 Å². The largest absolute Gasteiger partial charge is 0.464 e. The molecule has 4 atom stereocenters. The number of nitrogens with two attached hydrogens (primary N) is 1. The van der Waals surface area contributed by atoms with Crippen LogP contribution in [0, 0.1) is 5.92 Å². The van der Waals surface area contributed by atoms with Gasteiger partial charge in [0.1, 0.15) is 23.8 Å². The number of rotatable bonds is 6. The lowest BCUT2D eigenvalue weighted by Crippen LogP contribution is -2.36. The van der Waals surface area contributed by atoms with Crippen molar-refractivity contribution in [3.8, 4) is 11.3 Å². The van der Waals surface area contributed by atoms with E-state index in [1.54, 1.807) is 23.0 Å². The maximum Gasteiger partial charge on any atom is 0.333 e. The minimum Gasteiger partial charge on any atom is -0.464 e. The Morgan fingerprint density at radius 1 is 1.25 bits per heavy atom. The van der Waals surface area contributed by atoms with Crippen LogP contribution in [-0.4, -0.2) is 58.1 Å². The molecule has 1 aliphatic carbocycles. The molecule has 3 aromatic heterocycles. The van der Waals surface area contributed by atoms with E-state index in [1.165, 1.54) is 0 Å². The summed E-state index contributed by atoms with van der Waals surface area (Å²) in [7, 11) is -4.14. The first-order chi connectivity index (χ1) is 15.3. The fourth-order valence-corrected chi connectivity index (χ4v) is 4.48. The highest BCUT2D eigenvalue weighted by Crippen LogP contribution is 2.32. The third kappa shape index (κ3) is 3.82. The fraction of sp³-hybridized carbons (Fsp3) is 0.300. The van der Waals surface area contributed by atoms with Crippen molar-refractivity contribution >= 4 is 32.7 Å². The molecular weight excluding hydrogens is 438 g/mol. The van der Waals surface area contributed by atoms with Crippen molar-refractivity contribution in [2.75, 3.05) is 11.9 Å². The number of hydrogen-bond donors (Lipinski definition) is 4. The van der Waals surface area contributed by atoms with Crippen molar-refractivity contribution in [2.45, 2.75) is 24.7 Å². The summed E-state index contributed by atoms with van der Waals surface area (Å²) in [5.74, 6) is -0.0538. The highest BCUT2D eigenvalue weighted by Gasteiger charge is 2.42. The van der Waals surface area contributed by atoms with Crippen LogP contribution < -0.4 is 10.5 Å². The molecule has 0 aliphatic heterocycles. The fourth-order valence-electron chi connectivity index (χ4n) is 4.12. The average molecular weight is 459 g/mol. The Hall–Kier alpha value is -3.03. The number of anilines is 1. The van der Waals surface area contributed by atoms with Gasteiger partial charge in [-0.05, 0) is 18.6 Å². The number of nitrogens with one attached hydrogen (secondary N) is 1. The molecule has 4 aromatic rings. The van der Waals surface area contributed by atoms with E-state index in [0.717, 1.165) is 16.5 Å². The molecule has 1 saturated carbocycles. The number of para-hydroxylation sites is 1. The molecule has 3 heterocycles. The monoisotopic (exact) mass is 459 g/mol. The number of aliphatic hydroxyl groups excluding tert-OH is 2. The number of hydrogen-bond acceptors (Lipinski definition) is 9. The molecule has 1 fully saturated rings. The van der Waals surface area contributed by atoms with Gasteiger partial charge in [0, 0.05) is 29.1 Å². The molecule has 5 N–H and O–H groups in total. The normalized spacial score (nSPS) is 23.8. The summed E-state index contributed by atoms with van der Waals surface area (Å²) >= 11 is 0. The molecule has 11 nitrogen and oxygen atoms in total. The lowest BCUT2D eigenvalue weighted by Gasteiger charge is -2.19. The lowest BCUT2D eigenvalue weighted by atomic mass is 10.1. The molecule has 0 spiro atoms. The second kappa shape index (κ2) is 7.83. The van der Waals surface area contributed by atoms with Gasteiger partial charge >= 0.3 is 10.3 Å². The number of aromatic nitrogens is 3. The first-order valence-electron chi connectivity index (χ1n) is 9.91. The van der Waals surface area contributed by atoms with Crippen LogP contribution in [0.4, 0.5) is 5.82 Å². The Balaban J connectivity index is 1.42. The van der Waals surface area contributed by atoms with Crippen molar-refractivity contribution in [1.82, 2.24) is 14.6 Å². The van der Waals surface area contributed by atoms with Gasteiger partial charge in [-0.2, -0.15) is 18.0 Å². The number of aliphatic hydroxyl groups is 2. The quantitative estimate of drug-likeness (QED) is 0.327. The molecule has 5 rings (SSSR count). The minimum absolute atomic E-state index is 0.266. The Morgan fingerprint density at radius 2 is 2.06 bits per heavy atom. The van der Waals surface area contributed by atoms with Crippen molar-refractivity contribution in [2.24, 2.45) is 11.1 Å². The van der Waals surface area contributed by atoms with E-state index >= 15 is 0 Å². The molecule has 0 bridgehead atoms. The second-order valence-corrected chi connectivity index (χ2v) is 9.00. The topological polar surface area (TPSA) is 165 Å². The molecular formula is C20H21N5O6S. The molecule has 1 aromatic carbocycles. The molecule has 1 aliphatic rings. The highest BCUT2D eigenvalue weighted by atomic mass is 32.2. The van der Waals surface area contributed by atoms with Gasteiger partial charge in [0.05, 0.1) is 24.4 Å². The van der Waals surface area contributed by atoms with Gasteiger partial charge in [-0.3, -0.25) is 4.18 Å². The van der Waals surface area contributed by atoms with Gasteiger partial charge in [0.15, 0.2) is 5.65 Å². The maximum atomic E-state index is 11.0. The van der Waals surface area contributed by atoms with Crippen LogP contribution in [0.15, 0.2) is 53.3 Å². The molecule has 12 heteroatoms. The lowest BCUT2D eigenvalue weighted by molar-refractivity contribution is 0.00777. The van der Waals surface area contributed by atoms with Gasteiger partial charge in [-0.1, -0.05) is 18.2 Å².